The number of hydrogen-bond donors (Lipinski definition) is 3. The number of ether oxygens (including phenoxy) is 9. The number of nitrogens with one attached hydrogen (secondary N) is 3. The van der Waals surface area contributed by atoms with Crippen molar-refractivity contribution in [3.05, 3.63) is 119 Å². The molecule has 0 aliphatic carbocycles. The monoisotopic (exact) mass is 873 g/mol. The summed E-state index contributed by atoms with van der Waals surface area (Å²) in [6.07, 6.45) is -1.77. The van der Waals surface area contributed by atoms with Crippen LogP contribution in [-0.4, -0.2) is 90.1 Å². The minimum Gasteiger partial charge on any atom is -0.496 e. The summed E-state index contributed by atoms with van der Waals surface area (Å²) in [5.74, 6) is -1.65. The van der Waals surface area contributed by atoms with Gasteiger partial charge < -0.3 is 58.6 Å². The lowest BCUT2D eigenvalue weighted by Crippen LogP contribution is -2.49. The van der Waals surface area contributed by atoms with Crippen LogP contribution >= 0.6 is 0 Å². The van der Waals surface area contributed by atoms with Gasteiger partial charge in [-0.1, -0.05) is 66.7 Å². The molecule has 0 fully saturated rings. The van der Waals surface area contributed by atoms with Gasteiger partial charge in [0.1, 0.15) is 35.8 Å². The van der Waals surface area contributed by atoms with E-state index in [1.54, 1.807) is 82.3 Å². The fraction of sp³-hybridized carbons (Fsp3) is 0.370. The van der Waals surface area contributed by atoms with Crippen LogP contribution in [0.15, 0.2) is 91.0 Å². The third-order valence-corrected chi connectivity index (χ3v) is 9.06. The molecule has 0 aromatic heterocycles. The lowest BCUT2D eigenvalue weighted by molar-refractivity contribution is -0.160. The molecule has 63 heavy (non-hydrogen) atoms. The van der Waals surface area contributed by atoms with E-state index >= 15 is 0 Å². The van der Waals surface area contributed by atoms with E-state index in [0.717, 1.165) is 11.1 Å². The first-order valence-electron chi connectivity index (χ1n) is 19.8. The third kappa shape index (κ3) is 15.2. The third-order valence-electron chi connectivity index (χ3n) is 9.06. The first kappa shape index (κ1) is 48.8. The molecule has 0 bridgehead atoms. The largest absolute Gasteiger partial charge is 0.496 e. The van der Waals surface area contributed by atoms with Crippen LogP contribution in [0, 0.1) is 6.92 Å². The molecule has 17 nitrogen and oxygen atoms in total. The van der Waals surface area contributed by atoms with Crippen molar-refractivity contribution in [2.45, 2.75) is 64.4 Å². The van der Waals surface area contributed by atoms with Crippen molar-refractivity contribution in [2.24, 2.45) is 0 Å². The van der Waals surface area contributed by atoms with Gasteiger partial charge in [-0.25, -0.2) is 19.2 Å². The van der Waals surface area contributed by atoms with Gasteiger partial charge in [-0.3, -0.25) is 4.79 Å². The summed E-state index contributed by atoms with van der Waals surface area (Å²) < 4.78 is 49.3. The van der Waals surface area contributed by atoms with E-state index in [1.165, 1.54) is 52.7 Å². The predicted octanol–water partition coefficient (Wildman–Crippen LogP) is 6.40. The van der Waals surface area contributed by atoms with E-state index < -0.39 is 53.8 Å². The van der Waals surface area contributed by atoms with Crippen LogP contribution in [-0.2, 0) is 55.8 Å². The van der Waals surface area contributed by atoms with Crippen molar-refractivity contribution < 1.29 is 66.6 Å². The second kappa shape index (κ2) is 24.0. The zero-order valence-electron chi connectivity index (χ0n) is 36.6. The van der Waals surface area contributed by atoms with Gasteiger partial charge >= 0.3 is 24.1 Å². The molecule has 338 valence electrons. The molecule has 3 N–H and O–H groups in total. The molecule has 4 aromatic rings. The lowest BCUT2D eigenvalue weighted by Gasteiger charge is -2.26. The molecule has 0 aliphatic rings. The van der Waals surface area contributed by atoms with Crippen molar-refractivity contribution in [3.63, 3.8) is 0 Å². The van der Waals surface area contributed by atoms with Crippen LogP contribution in [0.3, 0.4) is 0 Å². The fourth-order valence-electron chi connectivity index (χ4n) is 5.94. The molecule has 17 heteroatoms. The van der Waals surface area contributed by atoms with Crippen molar-refractivity contribution in [3.8, 4) is 23.0 Å². The summed E-state index contributed by atoms with van der Waals surface area (Å²) in [6.45, 7) is 6.72. The fourth-order valence-corrected chi connectivity index (χ4v) is 5.94. The Labute approximate surface area is 366 Å². The molecular weight excluding hydrogens is 819 g/mol. The van der Waals surface area contributed by atoms with Crippen molar-refractivity contribution >= 4 is 30.0 Å². The van der Waals surface area contributed by atoms with Gasteiger partial charge in [0.2, 0.25) is 5.91 Å². The SMILES string of the molecule is COCCOCOC(=O)[C@@H](Cc1ccccc1)NC(=O)[C@H](NC(=O)OC(C)(C)C)c1ccc(OC)c(Oc2cc([C@H](NC(=O)OCc3ccccc3)C(=O)OC)cc(OC)c2C)c1. The molecule has 0 saturated carbocycles. The Morgan fingerprint density at radius 2 is 1.24 bits per heavy atom. The number of amides is 3. The van der Waals surface area contributed by atoms with Crippen LogP contribution < -0.4 is 30.2 Å². The number of hydrogen-bond acceptors (Lipinski definition) is 14. The first-order valence-corrected chi connectivity index (χ1v) is 19.8. The van der Waals surface area contributed by atoms with E-state index in [4.69, 9.17) is 42.6 Å². The summed E-state index contributed by atoms with van der Waals surface area (Å²) in [5, 5.41) is 7.91. The van der Waals surface area contributed by atoms with E-state index in [-0.39, 0.29) is 67.2 Å². The second-order valence-electron chi connectivity index (χ2n) is 14.8. The Morgan fingerprint density at radius 1 is 0.619 bits per heavy atom. The number of rotatable bonds is 21. The molecule has 3 atom stereocenters. The maximum absolute atomic E-state index is 14.3. The second-order valence-corrected chi connectivity index (χ2v) is 14.8. The quantitative estimate of drug-likeness (QED) is 0.0359. The van der Waals surface area contributed by atoms with Gasteiger partial charge in [0.05, 0.1) is 34.5 Å². The number of carbonyl (C=O) groups excluding carboxylic acids is 5. The van der Waals surface area contributed by atoms with E-state index in [2.05, 4.69) is 16.0 Å². The van der Waals surface area contributed by atoms with Crippen LogP contribution in [0.25, 0.3) is 0 Å². The Morgan fingerprint density at radius 3 is 1.86 bits per heavy atom. The van der Waals surface area contributed by atoms with Gasteiger partial charge in [0.25, 0.3) is 0 Å². The summed E-state index contributed by atoms with van der Waals surface area (Å²) in [4.78, 5) is 67.2. The Balaban J connectivity index is 1.71. The highest BCUT2D eigenvalue weighted by molar-refractivity contribution is 5.91. The molecule has 0 radical (unpaired) electrons. The molecular formula is C46H55N3O14. The lowest BCUT2D eigenvalue weighted by atomic mass is 10.0. The molecule has 0 unspecified atom stereocenters. The van der Waals surface area contributed by atoms with E-state index in [9.17, 15) is 24.0 Å². The van der Waals surface area contributed by atoms with E-state index in [0.29, 0.717) is 5.56 Å². The van der Waals surface area contributed by atoms with Crippen molar-refractivity contribution in [1.82, 2.24) is 16.0 Å². The van der Waals surface area contributed by atoms with Gasteiger partial charge in [-0.15, -0.1) is 0 Å². The first-order chi connectivity index (χ1) is 30.2. The summed E-state index contributed by atoms with van der Waals surface area (Å²) >= 11 is 0. The number of benzene rings is 4. The maximum atomic E-state index is 14.3. The van der Waals surface area contributed by atoms with E-state index in [1.807, 2.05) is 12.1 Å². The summed E-state index contributed by atoms with van der Waals surface area (Å²) in [6, 6.07) is 21.5. The Kier molecular flexibility index (Phi) is 18.6. The van der Waals surface area contributed by atoms with Gasteiger partial charge in [-0.05, 0) is 74.2 Å². The standard InChI is InChI=1S/C46H55N3O14/c1-29-36(57-7)25-33(40(43(52)58-8)49-44(53)60-27-31-17-13-10-14-18-31)26-37(29)62-38-24-32(19-20-35(38)56-6)39(48-45(54)63-46(2,3)4)41(50)47-34(23-30-15-11-9-12-16-30)42(51)61-28-59-22-21-55-5/h9-20,24-26,34,39-40H,21-23,27-28H2,1-8H3,(H,47,50)(H,48,54)(H,49,53)/t34-,39-,40+/m1/s1. The van der Waals surface area contributed by atoms with Crippen LogP contribution in [0.2, 0.25) is 0 Å². The van der Waals surface area contributed by atoms with Gasteiger partial charge in [0.15, 0.2) is 24.3 Å². The number of alkyl carbamates (subject to hydrolysis) is 2. The normalized spacial score (nSPS) is 12.4. The molecule has 0 aliphatic heterocycles. The minimum atomic E-state index is -1.46. The number of methoxy groups -OCH3 is 4. The average Bonchev–Trinajstić information content (AvgIpc) is 3.26. The molecule has 3 amide bonds. The van der Waals surface area contributed by atoms with Crippen LogP contribution in [0.4, 0.5) is 9.59 Å². The van der Waals surface area contributed by atoms with Crippen molar-refractivity contribution in [1.29, 1.82) is 0 Å². The Hall–Kier alpha value is -6.85. The average molecular weight is 874 g/mol. The zero-order chi connectivity index (χ0) is 45.9. The van der Waals surface area contributed by atoms with Gasteiger partial charge in [0, 0.05) is 19.1 Å². The zero-order valence-corrected chi connectivity index (χ0v) is 36.6. The smallest absolute Gasteiger partial charge is 0.408 e. The Bertz CT molecular complexity index is 2140. The number of esters is 2. The highest BCUT2D eigenvalue weighted by atomic mass is 16.7. The predicted molar refractivity (Wildman–Crippen MR) is 228 cm³/mol. The summed E-state index contributed by atoms with van der Waals surface area (Å²) in [7, 11) is 5.51. The molecule has 0 spiro atoms. The highest BCUT2D eigenvalue weighted by Crippen LogP contribution is 2.39. The molecule has 4 rings (SSSR count). The molecule has 0 saturated heterocycles. The summed E-state index contributed by atoms with van der Waals surface area (Å²) in [5.41, 5.74) is 1.42. The van der Waals surface area contributed by atoms with Crippen LogP contribution in [0.1, 0.15) is 60.7 Å². The van der Waals surface area contributed by atoms with Crippen LogP contribution in [0.5, 0.6) is 23.0 Å². The topological polar surface area (TPSA) is 205 Å². The van der Waals surface area contributed by atoms with Crippen molar-refractivity contribution in [2.75, 3.05) is 48.4 Å². The van der Waals surface area contributed by atoms with Gasteiger partial charge in [-0.2, -0.15) is 0 Å². The molecule has 4 aromatic carbocycles. The molecule has 0 heterocycles. The highest BCUT2D eigenvalue weighted by Gasteiger charge is 2.32. The minimum absolute atomic E-state index is 0.0449. The maximum Gasteiger partial charge on any atom is 0.408 e. The number of carbonyl (C=O) groups is 5.